The van der Waals surface area contributed by atoms with Crippen LogP contribution in [0.2, 0.25) is 0 Å². The van der Waals surface area contributed by atoms with Crippen LogP contribution < -0.4 is 19.7 Å². The van der Waals surface area contributed by atoms with Crippen molar-refractivity contribution >= 4 is 33.2 Å². The molecule has 3 rings (SSSR count). The van der Waals surface area contributed by atoms with E-state index < -0.39 is 22.0 Å². The third-order valence-electron chi connectivity index (χ3n) is 4.39. The Hall–Kier alpha value is -3.07. The highest BCUT2D eigenvalue weighted by Crippen LogP contribution is 2.34. The maximum absolute atomic E-state index is 12.8. The van der Waals surface area contributed by atoms with Gasteiger partial charge in [-0.15, -0.1) is 0 Å². The van der Waals surface area contributed by atoms with Gasteiger partial charge in [0, 0.05) is 6.54 Å². The number of hydrogen-bond donors (Lipinski definition) is 2. The average molecular weight is 417 g/mol. The molecule has 0 fully saturated rings. The van der Waals surface area contributed by atoms with Gasteiger partial charge in [-0.3, -0.25) is 13.9 Å². The molecular formula is C20H23N3O5S. The van der Waals surface area contributed by atoms with Crippen LogP contribution in [-0.2, 0) is 14.8 Å². The molecule has 29 heavy (non-hydrogen) atoms. The van der Waals surface area contributed by atoms with Crippen LogP contribution >= 0.6 is 0 Å². The van der Waals surface area contributed by atoms with Gasteiger partial charge in [-0.05, 0) is 30.7 Å². The van der Waals surface area contributed by atoms with Crippen LogP contribution in [0.15, 0.2) is 48.5 Å². The monoisotopic (exact) mass is 417 g/mol. The fourth-order valence-corrected chi connectivity index (χ4v) is 3.90. The second-order valence-electron chi connectivity index (χ2n) is 6.66. The van der Waals surface area contributed by atoms with E-state index >= 15 is 0 Å². The minimum atomic E-state index is -3.60. The maximum Gasteiger partial charge on any atom is 0.267 e. The van der Waals surface area contributed by atoms with E-state index in [1.807, 2.05) is 6.92 Å². The Morgan fingerprint density at radius 2 is 1.83 bits per heavy atom. The zero-order valence-electron chi connectivity index (χ0n) is 16.2. The van der Waals surface area contributed by atoms with Gasteiger partial charge >= 0.3 is 0 Å². The highest BCUT2D eigenvalue weighted by molar-refractivity contribution is 7.92. The third kappa shape index (κ3) is 4.68. The van der Waals surface area contributed by atoms with Crippen LogP contribution in [0.25, 0.3) is 0 Å². The van der Waals surface area contributed by atoms with E-state index in [9.17, 15) is 18.0 Å². The summed E-state index contributed by atoms with van der Waals surface area (Å²) >= 11 is 0. The highest BCUT2D eigenvalue weighted by atomic mass is 32.2. The van der Waals surface area contributed by atoms with E-state index in [1.54, 1.807) is 48.5 Å². The fraction of sp³-hybridized carbons (Fsp3) is 0.300. The number of rotatable bonds is 6. The van der Waals surface area contributed by atoms with Crippen molar-refractivity contribution in [3.63, 3.8) is 0 Å². The van der Waals surface area contributed by atoms with E-state index in [0.29, 0.717) is 29.2 Å². The molecule has 2 aromatic carbocycles. The molecule has 1 heterocycles. The zero-order valence-corrected chi connectivity index (χ0v) is 17.0. The maximum atomic E-state index is 12.8. The SMILES string of the molecule is CCCNC(=O)c1ccccc1NC(=O)[C@@H]1CN(S(C)(=O)=O)c2ccccc2O1. The quantitative estimate of drug-likeness (QED) is 0.748. The molecule has 0 spiro atoms. The Kier molecular flexibility index (Phi) is 6.07. The number of para-hydroxylation sites is 3. The molecule has 8 nitrogen and oxygen atoms in total. The number of amides is 2. The summed E-state index contributed by atoms with van der Waals surface area (Å²) in [6, 6.07) is 13.3. The molecule has 0 aromatic heterocycles. The molecule has 0 bridgehead atoms. The number of hydrogen-bond acceptors (Lipinski definition) is 5. The van der Waals surface area contributed by atoms with Gasteiger partial charge in [0.05, 0.1) is 29.7 Å². The van der Waals surface area contributed by atoms with E-state index in [0.717, 1.165) is 17.0 Å². The zero-order chi connectivity index (χ0) is 21.0. The summed E-state index contributed by atoms with van der Waals surface area (Å²) in [6.07, 6.45) is 0.806. The molecular weight excluding hydrogens is 394 g/mol. The van der Waals surface area contributed by atoms with E-state index in [1.165, 1.54) is 0 Å². The van der Waals surface area contributed by atoms with Gasteiger partial charge in [-0.25, -0.2) is 8.42 Å². The third-order valence-corrected chi connectivity index (χ3v) is 5.54. The Balaban J connectivity index is 1.83. The lowest BCUT2D eigenvalue weighted by atomic mass is 10.1. The highest BCUT2D eigenvalue weighted by Gasteiger charge is 2.35. The first-order chi connectivity index (χ1) is 13.8. The first kappa shape index (κ1) is 20.7. The number of ether oxygens (including phenoxy) is 1. The lowest BCUT2D eigenvalue weighted by molar-refractivity contribution is -0.122. The Bertz CT molecular complexity index is 1020. The average Bonchev–Trinajstić information content (AvgIpc) is 2.70. The first-order valence-corrected chi connectivity index (χ1v) is 11.1. The lowest BCUT2D eigenvalue weighted by Gasteiger charge is -2.33. The van der Waals surface area contributed by atoms with Gasteiger partial charge in [-0.2, -0.15) is 0 Å². The van der Waals surface area contributed by atoms with Crippen molar-refractivity contribution in [3.8, 4) is 5.75 Å². The number of fused-ring (bicyclic) bond motifs is 1. The molecule has 154 valence electrons. The number of carbonyl (C=O) groups is 2. The molecule has 0 radical (unpaired) electrons. The van der Waals surface area contributed by atoms with Crippen molar-refractivity contribution in [3.05, 3.63) is 54.1 Å². The fourth-order valence-electron chi connectivity index (χ4n) is 2.99. The van der Waals surface area contributed by atoms with Crippen molar-refractivity contribution in [1.82, 2.24) is 5.32 Å². The second kappa shape index (κ2) is 8.52. The molecule has 2 amide bonds. The second-order valence-corrected chi connectivity index (χ2v) is 8.57. The molecule has 1 aliphatic heterocycles. The molecule has 0 aliphatic carbocycles. The number of nitrogens with zero attached hydrogens (tertiary/aromatic N) is 1. The van der Waals surface area contributed by atoms with Crippen molar-refractivity contribution in [1.29, 1.82) is 0 Å². The van der Waals surface area contributed by atoms with Crippen LogP contribution in [0.1, 0.15) is 23.7 Å². The summed E-state index contributed by atoms with van der Waals surface area (Å²) in [5.74, 6) is -0.530. The topological polar surface area (TPSA) is 105 Å². The number of anilines is 2. The van der Waals surface area contributed by atoms with Crippen molar-refractivity contribution in [2.45, 2.75) is 19.4 Å². The number of sulfonamides is 1. The van der Waals surface area contributed by atoms with Crippen molar-refractivity contribution in [2.24, 2.45) is 0 Å². The van der Waals surface area contributed by atoms with Crippen LogP contribution in [0.3, 0.4) is 0 Å². The standard InChI is InChI=1S/C20H23N3O5S/c1-3-12-21-19(24)14-8-4-5-9-15(14)22-20(25)18-13-23(29(2,26)27)16-10-6-7-11-17(16)28-18/h4-11,18H,3,12-13H2,1-2H3,(H,21,24)(H,22,25)/t18-/m0/s1. The van der Waals surface area contributed by atoms with E-state index in [-0.39, 0.29) is 12.5 Å². The number of carbonyl (C=O) groups excluding carboxylic acids is 2. The summed E-state index contributed by atoms with van der Waals surface area (Å²) in [7, 11) is -3.60. The van der Waals surface area contributed by atoms with Crippen LogP contribution in [0, 0.1) is 0 Å². The largest absolute Gasteiger partial charge is 0.476 e. The number of nitrogens with one attached hydrogen (secondary N) is 2. The molecule has 1 aliphatic rings. The van der Waals surface area contributed by atoms with Crippen molar-refractivity contribution in [2.75, 3.05) is 29.0 Å². The van der Waals surface area contributed by atoms with Gasteiger partial charge < -0.3 is 15.4 Å². The minimum absolute atomic E-state index is 0.161. The van der Waals surface area contributed by atoms with E-state index in [4.69, 9.17) is 4.74 Å². The summed E-state index contributed by atoms with van der Waals surface area (Å²) in [4.78, 5) is 25.2. The minimum Gasteiger partial charge on any atom is -0.476 e. The van der Waals surface area contributed by atoms with Gasteiger partial charge in [0.1, 0.15) is 5.75 Å². The molecule has 2 N–H and O–H groups in total. The molecule has 2 aromatic rings. The van der Waals surface area contributed by atoms with Gasteiger partial charge in [-0.1, -0.05) is 31.2 Å². The molecule has 0 saturated heterocycles. The van der Waals surface area contributed by atoms with Gasteiger partial charge in [0.15, 0.2) is 6.10 Å². The summed E-state index contributed by atoms with van der Waals surface area (Å²) in [5, 5.41) is 5.47. The van der Waals surface area contributed by atoms with Gasteiger partial charge in [0.2, 0.25) is 10.0 Å². The summed E-state index contributed by atoms with van der Waals surface area (Å²) in [6.45, 7) is 2.30. The predicted molar refractivity (Wildman–Crippen MR) is 111 cm³/mol. The Morgan fingerprint density at radius 1 is 1.14 bits per heavy atom. The van der Waals surface area contributed by atoms with Crippen molar-refractivity contribution < 1.29 is 22.7 Å². The smallest absolute Gasteiger partial charge is 0.267 e. The molecule has 9 heteroatoms. The van der Waals surface area contributed by atoms with Crippen LogP contribution in [0.5, 0.6) is 5.75 Å². The molecule has 1 atom stereocenters. The predicted octanol–water partition coefficient (Wildman–Crippen LogP) is 1.99. The van der Waals surface area contributed by atoms with E-state index in [2.05, 4.69) is 10.6 Å². The number of benzene rings is 2. The van der Waals surface area contributed by atoms with Crippen LogP contribution in [-0.4, -0.2) is 45.7 Å². The lowest BCUT2D eigenvalue weighted by Crippen LogP contribution is -2.48. The molecule has 0 unspecified atom stereocenters. The Labute approximate surface area is 169 Å². The normalized spacial score (nSPS) is 15.8. The van der Waals surface area contributed by atoms with Gasteiger partial charge in [0.25, 0.3) is 11.8 Å². The molecule has 0 saturated carbocycles. The first-order valence-electron chi connectivity index (χ1n) is 9.22. The Morgan fingerprint density at radius 3 is 2.55 bits per heavy atom. The summed E-state index contributed by atoms with van der Waals surface area (Å²) < 4.78 is 31.3. The summed E-state index contributed by atoms with van der Waals surface area (Å²) in [5.41, 5.74) is 1.04. The van der Waals surface area contributed by atoms with Crippen LogP contribution in [0.4, 0.5) is 11.4 Å².